The van der Waals surface area contributed by atoms with Crippen molar-refractivity contribution in [3.05, 3.63) is 74.9 Å². The average molecular weight is 464 g/mol. The molecule has 2 aromatic carbocycles. The number of H-pyrrole nitrogens is 1. The lowest BCUT2D eigenvalue weighted by molar-refractivity contribution is -0.113. The highest BCUT2D eigenvalue weighted by Crippen LogP contribution is 2.28. The molecule has 7 nitrogen and oxygen atoms in total. The van der Waals surface area contributed by atoms with Gasteiger partial charge >= 0.3 is 0 Å². The van der Waals surface area contributed by atoms with E-state index in [0.717, 1.165) is 11.8 Å². The molecule has 11 heteroatoms. The highest BCUT2D eigenvalue weighted by Gasteiger charge is 2.18. The van der Waals surface area contributed by atoms with Crippen LogP contribution >= 0.6 is 35.0 Å². The van der Waals surface area contributed by atoms with Crippen molar-refractivity contribution in [3.63, 3.8) is 0 Å². The predicted molar refractivity (Wildman–Crippen MR) is 115 cm³/mol. The van der Waals surface area contributed by atoms with E-state index in [1.807, 2.05) is 0 Å². The zero-order valence-electron chi connectivity index (χ0n) is 15.0. The van der Waals surface area contributed by atoms with Crippen LogP contribution in [0, 0.1) is 5.82 Å². The fourth-order valence-corrected chi connectivity index (χ4v) is 4.02. The number of para-hydroxylation sites is 1. The fourth-order valence-electron chi connectivity index (χ4n) is 2.72. The van der Waals surface area contributed by atoms with Crippen molar-refractivity contribution in [2.24, 2.45) is 0 Å². The molecule has 0 fully saturated rings. The Morgan fingerprint density at radius 2 is 2.03 bits per heavy atom. The number of carbonyl (C=O) groups excluding carboxylic acids is 1. The smallest absolute Gasteiger partial charge is 0.269 e. The maximum atomic E-state index is 13.8. The number of thioether (sulfide) groups is 1. The van der Waals surface area contributed by atoms with Crippen LogP contribution < -0.4 is 10.9 Å². The summed E-state index contributed by atoms with van der Waals surface area (Å²) in [7, 11) is 0. The summed E-state index contributed by atoms with van der Waals surface area (Å²) in [6.45, 7) is 0. The molecule has 0 unspecified atom stereocenters. The molecule has 0 radical (unpaired) electrons. The van der Waals surface area contributed by atoms with Crippen molar-refractivity contribution in [3.8, 4) is 5.69 Å². The fraction of sp³-hybridized carbons (Fsp3) is 0.0526. The Balaban J connectivity index is 1.69. The van der Waals surface area contributed by atoms with Crippen LogP contribution in [-0.2, 0) is 4.79 Å². The highest BCUT2D eigenvalue weighted by atomic mass is 35.5. The van der Waals surface area contributed by atoms with E-state index in [4.69, 9.17) is 23.2 Å². The largest absolute Gasteiger partial charge is 0.323 e. The minimum absolute atomic E-state index is 0.0678. The van der Waals surface area contributed by atoms with Gasteiger partial charge in [-0.2, -0.15) is 5.10 Å². The molecule has 4 rings (SSSR count). The summed E-state index contributed by atoms with van der Waals surface area (Å²) in [5.41, 5.74) is 0.297. The first-order valence-corrected chi connectivity index (χ1v) is 10.3. The standard InChI is InChI=1S/C19H12Cl2FN5O2S/c20-10-5-6-15(12(21)7-10)27-18(29)11-8-23-26-17(11)25-19(27)30-9-16(28)24-14-4-2-1-3-13(14)22/h1-8H,9H2,(H,23,26)(H,24,28). The third kappa shape index (κ3) is 4.04. The van der Waals surface area contributed by atoms with Gasteiger partial charge in [-0.1, -0.05) is 47.1 Å². The number of hydrogen-bond acceptors (Lipinski definition) is 5. The second kappa shape index (κ2) is 8.47. The number of benzene rings is 2. The maximum Gasteiger partial charge on any atom is 0.269 e. The number of anilines is 1. The van der Waals surface area contributed by atoms with Crippen LogP contribution in [0.5, 0.6) is 0 Å². The van der Waals surface area contributed by atoms with Gasteiger partial charge in [-0.3, -0.25) is 19.3 Å². The highest BCUT2D eigenvalue weighted by molar-refractivity contribution is 7.99. The summed E-state index contributed by atoms with van der Waals surface area (Å²) in [5, 5.41) is 10.1. The van der Waals surface area contributed by atoms with E-state index in [9.17, 15) is 14.0 Å². The number of hydrogen-bond donors (Lipinski definition) is 2. The quantitative estimate of drug-likeness (QED) is 0.340. The Bertz CT molecular complexity index is 1320. The lowest BCUT2D eigenvalue weighted by atomic mass is 10.3. The third-order valence-electron chi connectivity index (χ3n) is 4.08. The number of halogens is 3. The molecule has 2 aromatic heterocycles. The number of nitrogens with zero attached hydrogens (tertiary/aromatic N) is 3. The van der Waals surface area contributed by atoms with Gasteiger partial charge in [0.25, 0.3) is 5.56 Å². The average Bonchev–Trinajstić information content (AvgIpc) is 3.18. The van der Waals surface area contributed by atoms with Gasteiger partial charge in [0.1, 0.15) is 11.2 Å². The van der Waals surface area contributed by atoms with E-state index >= 15 is 0 Å². The van der Waals surface area contributed by atoms with Crippen molar-refractivity contribution in [2.45, 2.75) is 5.16 Å². The molecule has 0 atom stereocenters. The van der Waals surface area contributed by atoms with Crippen molar-refractivity contribution in [1.29, 1.82) is 0 Å². The summed E-state index contributed by atoms with van der Waals surface area (Å²) in [5.74, 6) is -1.12. The Morgan fingerprint density at radius 3 is 2.80 bits per heavy atom. The molecule has 0 aliphatic heterocycles. The molecule has 0 aliphatic rings. The second-order valence-electron chi connectivity index (χ2n) is 6.08. The van der Waals surface area contributed by atoms with E-state index in [0.29, 0.717) is 10.7 Å². The van der Waals surface area contributed by atoms with Gasteiger partial charge in [0.15, 0.2) is 10.8 Å². The van der Waals surface area contributed by atoms with Gasteiger partial charge in [0.2, 0.25) is 5.91 Å². The van der Waals surface area contributed by atoms with E-state index in [2.05, 4.69) is 20.5 Å². The Hall–Kier alpha value is -2.88. The molecular formula is C19H12Cl2FN5O2S. The molecule has 0 bridgehead atoms. The van der Waals surface area contributed by atoms with Crippen molar-refractivity contribution in [1.82, 2.24) is 19.7 Å². The zero-order valence-corrected chi connectivity index (χ0v) is 17.4. The van der Waals surface area contributed by atoms with Crippen LogP contribution in [0.2, 0.25) is 10.0 Å². The molecule has 2 N–H and O–H groups in total. The molecule has 0 saturated carbocycles. The first-order valence-electron chi connectivity index (χ1n) is 8.53. The van der Waals surface area contributed by atoms with E-state index in [-0.39, 0.29) is 32.7 Å². The number of nitrogens with one attached hydrogen (secondary N) is 2. The number of fused-ring (bicyclic) bond motifs is 1. The topological polar surface area (TPSA) is 92.7 Å². The van der Waals surface area contributed by atoms with Crippen molar-refractivity contribution in [2.75, 3.05) is 11.1 Å². The molecule has 30 heavy (non-hydrogen) atoms. The molecule has 2 heterocycles. The van der Waals surface area contributed by atoms with Crippen LogP contribution in [0.15, 0.2) is 58.6 Å². The Morgan fingerprint density at radius 1 is 1.23 bits per heavy atom. The number of aromatic nitrogens is 4. The number of aromatic amines is 1. The summed E-state index contributed by atoms with van der Waals surface area (Å²) in [6.07, 6.45) is 1.37. The molecule has 1 amide bonds. The van der Waals surface area contributed by atoms with Crippen molar-refractivity contribution >= 4 is 57.6 Å². The lowest BCUT2D eigenvalue weighted by Crippen LogP contribution is -2.23. The summed E-state index contributed by atoms with van der Waals surface area (Å²) in [6, 6.07) is 10.5. The van der Waals surface area contributed by atoms with Crippen LogP contribution in [0.1, 0.15) is 0 Å². The minimum atomic E-state index is -0.544. The lowest BCUT2D eigenvalue weighted by Gasteiger charge is -2.13. The molecular weight excluding hydrogens is 452 g/mol. The molecule has 152 valence electrons. The number of amides is 1. The normalized spacial score (nSPS) is 11.0. The molecule has 4 aromatic rings. The van der Waals surface area contributed by atoms with E-state index in [1.54, 1.807) is 18.2 Å². The van der Waals surface area contributed by atoms with Crippen LogP contribution in [0.25, 0.3) is 16.7 Å². The summed E-state index contributed by atoms with van der Waals surface area (Å²) < 4.78 is 15.0. The first kappa shape index (κ1) is 20.4. The van der Waals surface area contributed by atoms with Gasteiger partial charge in [0.05, 0.1) is 28.3 Å². The predicted octanol–water partition coefficient (Wildman–Crippen LogP) is 4.29. The zero-order chi connectivity index (χ0) is 21.3. The van der Waals surface area contributed by atoms with Gasteiger partial charge in [0, 0.05) is 5.02 Å². The molecule has 0 saturated heterocycles. The third-order valence-corrected chi connectivity index (χ3v) is 5.56. The molecule has 0 spiro atoms. The van der Waals surface area contributed by atoms with Crippen molar-refractivity contribution < 1.29 is 9.18 Å². The van der Waals surface area contributed by atoms with Crippen LogP contribution in [0.3, 0.4) is 0 Å². The Kier molecular flexibility index (Phi) is 5.76. The van der Waals surface area contributed by atoms with Gasteiger partial charge in [-0.05, 0) is 30.3 Å². The maximum absolute atomic E-state index is 13.8. The van der Waals surface area contributed by atoms with Crippen LogP contribution in [0.4, 0.5) is 10.1 Å². The second-order valence-corrected chi connectivity index (χ2v) is 7.87. The SMILES string of the molecule is O=C(CSc1nc2[nH]ncc2c(=O)n1-c1ccc(Cl)cc1Cl)Nc1ccccc1F. The van der Waals surface area contributed by atoms with E-state index < -0.39 is 17.3 Å². The van der Waals surface area contributed by atoms with Gasteiger partial charge in [-0.25, -0.2) is 9.37 Å². The molecule has 0 aliphatic carbocycles. The minimum Gasteiger partial charge on any atom is -0.323 e. The monoisotopic (exact) mass is 463 g/mol. The number of carbonyl (C=O) groups is 1. The van der Waals surface area contributed by atoms with Crippen LogP contribution in [-0.4, -0.2) is 31.4 Å². The van der Waals surface area contributed by atoms with Gasteiger partial charge < -0.3 is 5.32 Å². The first-order chi connectivity index (χ1) is 14.4. The number of rotatable bonds is 5. The van der Waals surface area contributed by atoms with E-state index in [1.165, 1.54) is 35.0 Å². The summed E-state index contributed by atoms with van der Waals surface area (Å²) >= 11 is 13.3. The van der Waals surface area contributed by atoms with Gasteiger partial charge in [-0.15, -0.1) is 0 Å². The Labute approximate surface area is 183 Å². The summed E-state index contributed by atoms with van der Waals surface area (Å²) in [4.78, 5) is 29.7.